The van der Waals surface area contributed by atoms with Gasteiger partial charge in [0.15, 0.2) is 0 Å². The number of hydrogen-bond donors (Lipinski definition) is 3. The van der Waals surface area contributed by atoms with Gasteiger partial charge in [-0.1, -0.05) is 19.3 Å². The Hall–Kier alpha value is -0.810. The molecule has 1 saturated carbocycles. The van der Waals surface area contributed by atoms with Crippen molar-refractivity contribution in [3.8, 4) is 0 Å². The van der Waals surface area contributed by atoms with E-state index >= 15 is 0 Å². The lowest BCUT2D eigenvalue weighted by atomic mass is 9.78. The molecule has 0 radical (unpaired) electrons. The Bertz CT molecular complexity index is 279. The Morgan fingerprint density at radius 2 is 1.89 bits per heavy atom. The van der Waals surface area contributed by atoms with Crippen LogP contribution < -0.4 is 5.32 Å². The zero-order chi connectivity index (χ0) is 13.8. The molecule has 1 fully saturated rings. The van der Waals surface area contributed by atoms with Gasteiger partial charge in [-0.15, -0.1) is 0 Å². The number of aliphatic hydroxyl groups excluding tert-OH is 2. The second-order valence-electron chi connectivity index (χ2n) is 6.04. The predicted octanol–water partition coefficient (Wildman–Crippen LogP) is 1.57. The molecule has 0 aromatic carbocycles. The van der Waals surface area contributed by atoms with E-state index in [0.29, 0.717) is 12.8 Å². The Labute approximate surface area is 109 Å². The standard InChI is InChI=1S/C13H25NO4/c1-12(2,3)18-11(17)14-13(10(16)9-15)7-5-4-6-8-13/h10,15-16H,4-9H2,1-3H3,(H,14,17). The molecule has 1 unspecified atom stereocenters. The summed E-state index contributed by atoms with van der Waals surface area (Å²) >= 11 is 0. The maximum atomic E-state index is 11.8. The molecule has 5 nitrogen and oxygen atoms in total. The summed E-state index contributed by atoms with van der Waals surface area (Å²) in [5.74, 6) is 0. The average molecular weight is 259 g/mol. The zero-order valence-electron chi connectivity index (χ0n) is 11.5. The minimum Gasteiger partial charge on any atom is -0.444 e. The monoisotopic (exact) mass is 259 g/mol. The van der Waals surface area contributed by atoms with E-state index in [9.17, 15) is 9.90 Å². The van der Waals surface area contributed by atoms with E-state index < -0.39 is 23.3 Å². The van der Waals surface area contributed by atoms with E-state index in [0.717, 1.165) is 19.3 Å². The van der Waals surface area contributed by atoms with Gasteiger partial charge in [0.05, 0.1) is 12.1 Å². The van der Waals surface area contributed by atoms with E-state index in [1.807, 2.05) is 0 Å². The third-order valence-electron chi connectivity index (χ3n) is 3.31. The van der Waals surface area contributed by atoms with Gasteiger partial charge < -0.3 is 20.3 Å². The quantitative estimate of drug-likeness (QED) is 0.719. The Morgan fingerprint density at radius 3 is 2.33 bits per heavy atom. The molecule has 0 bridgehead atoms. The molecule has 1 aliphatic carbocycles. The summed E-state index contributed by atoms with van der Waals surface area (Å²) in [4.78, 5) is 11.8. The minimum absolute atomic E-state index is 0.351. The number of rotatable bonds is 3. The van der Waals surface area contributed by atoms with Crippen LogP contribution in [0.3, 0.4) is 0 Å². The summed E-state index contributed by atoms with van der Waals surface area (Å²) in [5, 5.41) is 21.9. The van der Waals surface area contributed by atoms with Crippen molar-refractivity contribution >= 4 is 6.09 Å². The van der Waals surface area contributed by atoms with Crippen molar-refractivity contribution < 1.29 is 19.7 Å². The summed E-state index contributed by atoms with van der Waals surface area (Å²) in [7, 11) is 0. The molecule has 0 heterocycles. The number of nitrogens with one attached hydrogen (secondary N) is 1. The fraction of sp³-hybridized carbons (Fsp3) is 0.923. The Morgan fingerprint density at radius 1 is 1.33 bits per heavy atom. The lowest BCUT2D eigenvalue weighted by Crippen LogP contribution is -2.59. The van der Waals surface area contributed by atoms with Crippen molar-refractivity contribution in [3.63, 3.8) is 0 Å². The van der Waals surface area contributed by atoms with Gasteiger partial charge in [0.25, 0.3) is 0 Å². The molecular formula is C13H25NO4. The van der Waals surface area contributed by atoms with Crippen LogP contribution in [0, 0.1) is 0 Å². The van der Waals surface area contributed by atoms with Crippen LogP contribution >= 0.6 is 0 Å². The van der Waals surface area contributed by atoms with Crippen LogP contribution in [0.4, 0.5) is 4.79 Å². The van der Waals surface area contributed by atoms with Crippen molar-refractivity contribution in [2.24, 2.45) is 0 Å². The van der Waals surface area contributed by atoms with Crippen LogP contribution in [0.2, 0.25) is 0 Å². The average Bonchev–Trinajstić information content (AvgIpc) is 2.26. The van der Waals surface area contributed by atoms with Crippen molar-refractivity contribution in [2.45, 2.75) is 70.1 Å². The summed E-state index contributed by atoms with van der Waals surface area (Å²) in [6.07, 6.45) is 2.85. The van der Waals surface area contributed by atoms with Crippen molar-refractivity contribution in [3.05, 3.63) is 0 Å². The van der Waals surface area contributed by atoms with Gasteiger partial charge in [0, 0.05) is 0 Å². The number of alkyl carbamates (subject to hydrolysis) is 1. The maximum Gasteiger partial charge on any atom is 0.408 e. The van der Waals surface area contributed by atoms with Crippen LogP contribution in [0.5, 0.6) is 0 Å². The van der Waals surface area contributed by atoms with Gasteiger partial charge in [-0.2, -0.15) is 0 Å². The fourth-order valence-electron chi connectivity index (χ4n) is 2.41. The van der Waals surface area contributed by atoms with E-state index in [1.54, 1.807) is 20.8 Å². The topological polar surface area (TPSA) is 78.8 Å². The smallest absolute Gasteiger partial charge is 0.408 e. The molecule has 0 spiro atoms. The number of carbonyl (C=O) groups excluding carboxylic acids is 1. The highest BCUT2D eigenvalue weighted by molar-refractivity contribution is 5.69. The van der Waals surface area contributed by atoms with E-state index in [1.165, 1.54) is 0 Å². The van der Waals surface area contributed by atoms with E-state index in [2.05, 4.69) is 5.32 Å². The SMILES string of the molecule is CC(C)(C)OC(=O)NC1(C(O)CO)CCCCC1. The number of amides is 1. The molecule has 0 saturated heterocycles. The number of hydrogen-bond acceptors (Lipinski definition) is 4. The lowest BCUT2D eigenvalue weighted by Gasteiger charge is -2.41. The van der Waals surface area contributed by atoms with Crippen molar-refractivity contribution in [2.75, 3.05) is 6.61 Å². The van der Waals surface area contributed by atoms with Crippen molar-refractivity contribution in [1.82, 2.24) is 5.32 Å². The van der Waals surface area contributed by atoms with Gasteiger partial charge in [-0.3, -0.25) is 0 Å². The van der Waals surface area contributed by atoms with Crippen LogP contribution in [-0.4, -0.2) is 40.2 Å². The first-order valence-electron chi connectivity index (χ1n) is 6.59. The van der Waals surface area contributed by atoms with Crippen LogP contribution in [0.15, 0.2) is 0 Å². The summed E-state index contributed by atoms with van der Waals surface area (Å²) in [6.45, 7) is 5.03. The molecule has 0 aromatic rings. The normalized spacial score (nSPS) is 21.2. The molecule has 1 aliphatic rings. The summed E-state index contributed by atoms with van der Waals surface area (Å²) in [5.41, 5.74) is -1.31. The third-order valence-corrected chi connectivity index (χ3v) is 3.31. The number of ether oxygens (including phenoxy) is 1. The Kier molecular flexibility index (Phi) is 4.99. The molecule has 18 heavy (non-hydrogen) atoms. The van der Waals surface area contributed by atoms with Crippen LogP contribution in [0.25, 0.3) is 0 Å². The van der Waals surface area contributed by atoms with E-state index in [-0.39, 0.29) is 6.61 Å². The molecule has 1 amide bonds. The van der Waals surface area contributed by atoms with Gasteiger partial charge in [-0.25, -0.2) is 4.79 Å². The first-order valence-corrected chi connectivity index (χ1v) is 6.59. The maximum absolute atomic E-state index is 11.8. The first-order chi connectivity index (χ1) is 8.29. The third kappa shape index (κ3) is 4.14. The van der Waals surface area contributed by atoms with E-state index in [4.69, 9.17) is 9.84 Å². The molecule has 3 N–H and O–H groups in total. The largest absolute Gasteiger partial charge is 0.444 e. The molecule has 1 atom stereocenters. The molecule has 5 heteroatoms. The second-order valence-corrected chi connectivity index (χ2v) is 6.04. The highest BCUT2D eigenvalue weighted by atomic mass is 16.6. The number of aliphatic hydroxyl groups is 2. The van der Waals surface area contributed by atoms with Gasteiger partial charge in [0.1, 0.15) is 11.7 Å². The molecule has 1 rings (SSSR count). The highest BCUT2D eigenvalue weighted by Crippen LogP contribution is 2.31. The van der Waals surface area contributed by atoms with Crippen LogP contribution in [0.1, 0.15) is 52.9 Å². The minimum atomic E-state index is -0.940. The molecular weight excluding hydrogens is 234 g/mol. The molecule has 0 aromatic heterocycles. The predicted molar refractivity (Wildman–Crippen MR) is 68.3 cm³/mol. The summed E-state index contributed by atoms with van der Waals surface area (Å²) < 4.78 is 5.22. The second kappa shape index (κ2) is 5.89. The summed E-state index contributed by atoms with van der Waals surface area (Å²) in [6, 6.07) is 0. The van der Waals surface area contributed by atoms with Crippen molar-refractivity contribution in [1.29, 1.82) is 0 Å². The molecule has 106 valence electrons. The van der Waals surface area contributed by atoms with Crippen LogP contribution in [-0.2, 0) is 4.74 Å². The number of carbonyl (C=O) groups is 1. The molecule has 0 aliphatic heterocycles. The first kappa shape index (κ1) is 15.2. The zero-order valence-corrected chi connectivity index (χ0v) is 11.5. The van der Waals surface area contributed by atoms with Gasteiger partial charge >= 0.3 is 6.09 Å². The Balaban J connectivity index is 2.70. The fourth-order valence-corrected chi connectivity index (χ4v) is 2.41. The van der Waals surface area contributed by atoms with Gasteiger partial charge in [0.2, 0.25) is 0 Å². The van der Waals surface area contributed by atoms with Gasteiger partial charge in [-0.05, 0) is 33.6 Å². The highest BCUT2D eigenvalue weighted by Gasteiger charge is 2.41. The lowest BCUT2D eigenvalue weighted by molar-refractivity contribution is -0.0156.